The number of nitrogens with zero attached hydrogens (tertiary/aromatic N) is 3. The van der Waals surface area contributed by atoms with Crippen molar-refractivity contribution in [2.75, 3.05) is 6.54 Å². The molecular formula is C17H25N3O2. The maximum Gasteiger partial charge on any atom is 0.258 e. The summed E-state index contributed by atoms with van der Waals surface area (Å²) in [7, 11) is 0. The molecule has 0 aliphatic rings. The van der Waals surface area contributed by atoms with Crippen LogP contribution < -0.4 is 0 Å². The van der Waals surface area contributed by atoms with Gasteiger partial charge in [-0.1, -0.05) is 13.3 Å². The lowest BCUT2D eigenvalue weighted by Gasteiger charge is -2.21. The molecule has 0 aliphatic carbocycles. The summed E-state index contributed by atoms with van der Waals surface area (Å²) >= 11 is 0. The normalized spacial score (nSPS) is 10.9. The molecular weight excluding hydrogens is 278 g/mol. The Balaban J connectivity index is 2.26. The van der Waals surface area contributed by atoms with Crippen LogP contribution in [0.5, 0.6) is 0 Å². The standard InChI is InChI=1S/C17H25N3O2/c1-5-7-10-19(12-15-9-8-11-22-15)17(21)16-13(3)18-20(6-2)14(16)4/h8-9,11H,5-7,10,12H2,1-4H3. The first-order chi connectivity index (χ1) is 10.6. The minimum Gasteiger partial charge on any atom is -0.467 e. The number of aromatic nitrogens is 2. The van der Waals surface area contributed by atoms with Crippen molar-refractivity contribution in [2.45, 2.75) is 53.6 Å². The highest BCUT2D eigenvalue weighted by molar-refractivity contribution is 5.96. The van der Waals surface area contributed by atoms with Crippen LogP contribution in [0.4, 0.5) is 0 Å². The van der Waals surface area contributed by atoms with Gasteiger partial charge in [-0.2, -0.15) is 5.10 Å². The van der Waals surface area contributed by atoms with E-state index in [1.165, 1.54) is 0 Å². The van der Waals surface area contributed by atoms with Crippen LogP contribution in [-0.4, -0.2) is 27.1 Å². The molecule has 0 atom stereocenters. The molecule has 5 heteroatoms. The van der Waals surface area contributed by atoms with Gasteiger partial charge in [0.2, 0.25) is 0 Å². The fourth-order valence-electron chi connectivity index (χ4n) is 2.66. The number of rotatable bonds is 7. The highest BCUT2D eigenvalue weighted by Gasteiger charge is 2.23. The molecule has 2 rings (SSSR count). The minimum absolute atomic E-state index is 0.0413. The number of carbonyl (C=O) groups is 1. The molecule has 2 heterocycles. The fourth-order valence-corrected chi connectivity index (χ4v) is 2.66. The molecule has 0 radical (unpaired) electrons. The van der Waals surface area contributed by atoms with Gasteiger partial charge >= 0.3 is 0 Å². The average Bonchev–Trinajstić information content (AvgIpc) is 3.10. The Hall–Kier alpha value is -2.04. The van der Waals surface area contributed by atoms with Gasteiger partial charge in [0.15, 0.2) is 0 Å². The summed E-state index contributed by atoms with van der Waals surface area (Å²) in [6, 6.07) is 3.75. The largest absolute Gasteiger partial charge is 0.467 e. The van der Waals surface area contributed by atoms with E-state index in [-0.39, 0.29) is 5.91 Å². The third kappa shape index (κ3) is 3.40. The Morgan fingerprint density at radius 1 is 1.36 bits per heavy atom. The molecule has 0 unspecified atom stereocenters. The molecule has 0 aromatic carbocycles. The van der Waals surface area contributed by atoms with Gasteiger partial charge in [0.25, 0.3) is 5.91 Å². The first-order valence-corrected chi connectivity index (χ1v) is 7.94. The van der Waals surface area contributed by atoms with Gasteiger partial charge in [-0.05, 0) is 39.3 Å². The van der Waals surface area contributed by atoms with Gasteiger partial charge in [-0.15, -0.1) is 0 Å². The molecule has 0 saturated heterocycles. The predicted octanol–water partition coefficient (Wildman–Crippen LogP) is 3.56. The Morgan fingerprint density at radius 3 is 2.68 bits per heavy atom. The topological polar surface area (TPSA) is 51.3 Å². The summed E-state index contributed by atoms with van der Waals surface area (Å²) in [5.74, 6) is 0.849. The van der Waals surface area contributed by atoms with Crippen molar-refractivity contribution in [1.29, 1.82) is 0 Å². The number of furan rings is 1. The molecule has 22 heavy (non-hydrogen) atoms. The van der Waals surface area contributed by atoms with Crippen LogP contribution >= 0.6 is 0 Å². The summed E-state index contributed by atoms with van der Waals surface area (Å²) in [4.78, 5) is 14.8. The van der Waals surface area contributed by atoms with E-state index in [2.05, 4.69) is 12.0 Å². The molecule has 1 amide bonds. The maximum absolute atomic E-state index is 13.0. The minimum atomic E-state index is 0.0413. The van der Waals surface area contributed by atoms with Crippen molar-refractivity contribution in [3.8, 4) is 0 Å². The van der Waals surface area contributed by atoms with Crippen LogP contribution in [0.3, 0.4) is 0 Å². The number of hydrogen-bond acceptors (Lipinski definition) is 3. The highest BCUT2D eigenvalue weighted by Crippen LogP contribution is 2.18. The highest BCUT2D eigenvalue weighted by atomic mass is 16.3. The second kappa shape index (κ2) is 7.29. The van der Waals surface area contributed by atoms with E-state index in [9.17, 15) is 4.79 Å². The van der Waals surface area contributed by atoms with E-state index >= 15 is 0 Å². The Morgan fingerprint density at radius 2 is 2.14 bits per heavy atom. The third-order valence-corrected chi connectivity index (χ3v) is 3.89. The average molecular weight is 303 g/mol. The van der Waals surface area contributed by atoms with Crippen molar-refractivity contribution in [1.82, 2.24) is 14.7 Å². The SMILES string of the molecule is CCCCN(Cc1ccco1)C(=O)c1c(C)nn(CC)c1C. The number of aryl methyl sites for hydroxylation is 2. The summed E-state index contributed by atoms with van der Waals surface area (Å²) < 4.78 is 7.28. The van der Waals surface area contributed by atoms with Crippen molar-refractivity contribution in [3.63, 3.8) is 0 Å². The molecule has 2 aromatic rings. The lowest BCUT2D eigenvalue weighted by molar-refractivity contribution is 0.0727. The molecule has 5 nitrogen and oxygen atoms in total. The van der Waals surface area contributed by atoms with E-state index in [1.54, 1.807) is 6.26 Å². The lowest BCUT2D eigenvalue weighted by atomic mass is 10.1. The zero-order valence-electron chi connectivity index (χ0n) is 13.9. The van der Waals surface area contributed by atoms with Crippen LogP contribution in [0.25, 0.3) is 0 Å². The fraction of sp³-hybridized carbons (Fsp3) is 0.529. The second-order valence-electron chi connectivity index (χ2n) is 5.52. The molecule has 0 saturated carbocycles. The van der Waals surface area contributed by atoms with Crippen LogP contribution in [0.15, 0.2) is 22.8 Å². The van der Waals surface area contributed by atoms with Crippen molar-refractivity contribution >= 4 is 5.91 Å². The predicted molar refractivity (Wildman–Crippen MR) is 85.7 cm³/mol. The number of hydrogen-bond donors (Lipinski definition) is 0. The van der Waals surface area contributed by atoms with E-state index in [0.717, 1.165) is 48.6 Å². The smallest absolute Gasteiger partial charge is 0.258 e. The Labute approximate surface area is 131 Å². The maximum atomic E-state index is 13.0. The van der Waals surface area contributed by atoms with E-state index in [0.29, 0.717) is 6.54 Å². The van der Waals surface area contributed by atoms with Crippen LogP contribution in [-0.2, 0) is 13.1 Å². The third-order valence-electron chi connectivity index (χ3n) is 3.89. The van der Waals surface area contributed by atoms with Crippen molar-refractivity contribution in [2.24, 2.45) is 0 Å². The van der Waals surface area contributed by atoms with Gasteiger partial charge in [0, 0.05) is 18.8 Å². The van der Waals surface area contributed by atoms with Gasteiger partial charge in [-0.25, -0.2) is 0 Å². The zero-order chi connectivity index (χ0) is 16.1. The number of unbranched alkanes of at least 4 members (excludes halogenated alkanes) is 1. The molecule has 0 bridgehead atoms. The molecule has 0 fully saturated rings. The summed E-state index contributed by atoms with van der Waals surface area (Å²) in [6.07, 6.45) is 3.67. The first kappa shape index (κ1) is 16.3. The molecule has 0 aliphatic heterocycles. The monoisotopic (exact) mass is 303 g/mol. The van der Waals surface area contributed by atoms with Crippen LogP contribution in [0.2, 0.25) is 0 Å². The van der Waals surface area contributed by atoms with Gasteiger partial charge < -0.3 is 9.32 Å². The summed E-state index contributed by atoms with van der Waals surface area (Å²) in [5, 5.41) is 4.46. The number of amides is 1. The molecule has 120 valence electrons. The van der Waals surface area contributed by atoms with Crippen LogP contribution in [0, 0.1) is 13.8 Å². The van der Waals surface area contributed by atoms with Gasteiger partial charge in [0.1, 0.15) is 5.76 Å². The second-order valence-corrected chi connectivity index (χ2v) is 5.52. The summed E-state index contributed by atoms with van der Waals surface area (Å²) in [5.41, 5.74) is 2.46. The zero-order valence-corrected chi connectivity index (χ0v) is 13.9. The van der Waals surface area contributed by atoms with E-state index in [4.69, 9.17) is 4.42 Å². The van der Waals surface area contributed by atoms with Crippen LogP contribution in [0.1, 0.15) is 54.2 Å². The van der Waals surface area contributed by atoms with E-state index in [1.807, 2.05) is 42.5 Å². The first-order valence-electron chi connectivity index (χ1n) is 7.94. The van der Waals surface area contributed by atoms with Gasteiger partial charge in [-0.3, -0.25) is 9.48 Å². The molecule has 0 spiro atoms. The Kier molecular flexibility index (Phi) is 5.41. The van der Waals surface area contributed by atoms with Crippen molar-refractivity contribution in [3.05, 3.63) is 41.1 Å². The molecule has 0 N–H and O–H groups in total. The summed E-state index contributed by atoms with van der Waals surface area (Å²) in [6.45, 7) is 10.0. The number of carbonyl (C=O) groups excluding carboxylic acids is 1. The van der Waals surface area contributed by atoms with Crippen molar-refractivity contribution < 1.29 is 9.21 Å². The van der Waals surface area contributed by atoms with E-state index < -0.39 is 0 Å². The lowest BCUT2D eigenvalue weighted by Crippen LogP contribution is -2.32. The quantitative estimate of drug-likeness (QED) is 0.786. The molecule has 2 aromatic heterocycles. The Bertz CT molecular complexity index is 614. The van der Waals surface area contributed by atoms with Gasteiger partial charge in [0.05, 0.1) is 24.1 Å².